The molecule has 0 radical (unpaired) electrons. The lowest BCUT2D eigenvalue weighted by Crippen LogP contribution is -2.52. The van der Waals surface area contributed by atoms with Gasteiger partial charge in [-0.3, -0.25) is 9.69 Å². The van der Waals surface area contributed by atoms with Crippen molar-refractivity contribution >= 4 is 34.4 Å². The Morgan fingerprint density at radius 3 is 2.35 bits per heavy atom. The van der Waals surface area contributed by atoms with E-state index >= 15 is 0 Å². The second kappa shape index (κ2) is 11.8. The average molecular weight is 463 g/mol. The van der Waals surface area contributed by atoms with E-state index in [1.54, 1.807) is 19.1 Å². The van der Waals surface area contributed by atoms with Crippen molar-refractivity contribution < 1.29 is 24.2 Å². The number of fused-ring (bicyclic) bond motifs is 1. The number of benzene rings is 3. The number of carboxylic acids is 1. The van der Waals surface area contributed by atoms with E-state index in [-0.39, 0.29) is 6.61 Å². The van der Waals surface area contributed by atoms with Crippen LogP contribution in [0.1, 0.15) is 38.7 Å². The molecule has 0 saturated heterocycles. The van der Waals surface area contributed by atoms with Crippen LogP contribution >= 0.6 is 0 Å². The number of hydrogen-bond acceptors (Lipinski definition) is 4. The van der Waals surface area contributed by atoms with Gasteiger partial charge >= 0.3 is 12.1 Å². The van der Waals surface area contributed by atoms with Gasteiger partial charge in [-0.05, 0) is 30.4 Å². The molecule has 34 heavy (non-hydrogen) atoms. The van der Waals surface area contributed by atoms with Crippen LogP contribution in [0.2, 0.25) is 0 Å². The quantitative estimate of drug-likeness (QED) is 0.435. The molecule has 3 aromatic carbocycles. The summed E-state index contributed by atoms with van der Waals surface area (Å²) in [5, 5.41) is 13.8. The van der Waals surface area contributed by atoms with E-state index in [0.717, 1.165) is 22.8 Å². The van der Waals surface area contributed by atoms with Gasteiger partial charge in [-0.15, -0.1) is 0 Å². The third kappa shape index (κ3) is 6.13. The number of carbonyl (C=O) groups excluding carboxylic acids is 2. The van der Waals surface area contributed by atoms with Crippen LogP contribution in [0, 0.1) is 0 Å². The predicted molar refractivity (Wildman–Crippen MR) is 132 cm³/mol. The molecule has 0 aliphatic rings. The Labute approximate surface area is 199 Å². The molecule has 0 bridgehead atoms. The maximum atomic E-state index is 13.3. The molecular formula is C27H30N2O5. The lowest BCUT2D eigenvalue weighted by atomic mass is 10.1. The van der Waals surface area contributed by atoms with Gasteiger partial charge in [-0.25, -0.2) is 9.59 Å². The zero-order valence-corrected chi connectivity index (χ0v) is 19.4. The molecule has 0 heterocycles. The van der Waals surface area contributed by atoms with E-state index < -0.39 is 30.1 Å². The summed E-state index contributed by atoms with van der Waals surface area (Å²) < 4.78 is 5.57. The van der Waals surface area contributed by atoms with Crippen LogP contribution < -0.4 is 10.2 Å². The van der Waals surface area contributed by atoms with Crippen LogP contribution in [0.5, 0.6) is 0 Å². The van der Waals surface area contributed by atoms with Gasteiger partial charge in [0.25, 0.3) is 0 Å². The van der Waals surface area contributed by atoms with Crippen LogP contribution in [0.15, 0.2) is 72.8 Å². The van der Waals surface area contributed by atoms with Crippen molar-refractivity contribution in [1.82, 2.24) is 5.32 Å². The van der Waals surface area contributed by atoms with Crippen LogP contribution in [0.4, 0.5) is 10.5 Å². The van der Waals surface area contributed by atoms with Gasteiger partial charge in [0.05, 0.1) is 5.69 Å². The molecular weight excluding hydrogens is 432 g/mol. The molecule has 7 nitrogen and oxygen atoms in total. The number of ether oxygens (including phenoxy) is 1. The standard InChI is InChI=1S/C27H30N2O5/c1-3-4-16-23(26(31)32)28-25(30)19(2)29(27(33)34-18-20-11-6-5-7-12-20)24-17-10-14-21-13-8-9-15-22(21)24/h5-15,17,19,23H,3-4,16,18H2,1-2H3,(H,28,30)(H,31,32)/t19?,23-/m0/s1. The molecule has 0 aliphatic carbocycles. The van der Waals surface area contributed by atoms with E-state index in [2.05, 4.69) is 5.32 Å². The average Bonchev–Trinajstić information content (AvgIpc) is 2.85. The van der Waals surface area contributed by atoms with Crippen molar-refractivity contribution in [3.63, 3.8) is 0 Å². The number of hydrogen-bond donors (Lipinski definition) is 2. The van der Waals surface area contributed by atoms with Crippen molar-refractivity contribution in [3.05, 3.63) is 78.4 Å². The monoisotopic (exact) mass is 462 g/mol. The first kappa shape index (κ1) is 24.8. The van der Waals surface area contributed by atoms with Crippen LogP contribution in [-0.4, -0.2) is 35.2 Å². The van der Waals surface area contributed by atoms with Gasteiger partial charge in [-0.2, -0.15) is 0 Å². The summed E-state index contributed by atoms with van der Waals surface area (Å²) in [6.07, 6.45) is 1.10. The smallest absolute Gasteiger partial charge is 0.415 e. The molecule has 2 atom stereocenters. The van der Waals surface area contributed by atoms with Gasteiger partial charge in [0.2, 0.25) is 5.91 Å². The maximum absolute atomic E-state index is 13.3. The van der Waals surface area contributed by atoms with Crippen molar-refractivity contribution in [2.24, 2.45) is 0 Å². The van der Waals surface area contributed by atoms with E-state index in [1.165, 1.54) is 4.90 Å². The van der Waals surface area contributed by atoms with Crippen molar-refractivity contribution in [1.29, 1.82) is 0 Å². The molecule has 2 amide bonds. The first-order chi connectivity index (χ1) is 16.4. The van der Waals surface area contributed by atoms with Crippen LogP contribution in [-0.2, 0) is 20.9 Å². The first-order valence-electron chi connectivity index (χ1n) is 11.4. The third-order valence-corrected chi connectivity index (χ3v) is 5.66. The number of unbranched alkanes of at least 4 members (excludes halogenated alkanes) is 1. The van der Waals surface area contributed by atoms with Gasteiger partial charge < -0.3 is 15.2 Å². The Morgan fingerprint density at radius 1 is 0.971 bits per heavy atom. The summed E-state index contributed by atoms with van der Waals surface area (Å²) in [6.45, 7) is 3.57. The maximum Gasteiger partial charge on any atom is 0.415 e. The fourth-order valence-corrected chi connectivity index (χ4v) is 3.75. The minimum Gasteiger partial charge on any atom is -0.480 e. The van der Waals surface area contributed by atoms with Gasteiger partial charge in [0.15, 0.2) is 0 Å². The van der Waals surface area contributed by atoms with Gasteiger partial charge in [-0.1, -0.05) is 86.5 Å². The summed E-state index contributed by atoms with van der Waals surface area (Å²) in [5.74, 6) is -1.66. The first-order valence-corrected chi connectivity index (χ1v) is 11.4. The molecule has 0 aromatic heterocycles. The Kier molecular flexibility index (Phi) is 8.62. The number of nitrogens with zero attached hydrogens (tertiary/aromatic N) is 1. The zero-order valence-electron chi connectivity index (χ0n) is 19.4. The second-order valence-electron chi connectivity index (χ2n) is 8.13. The van der Waals surface area contributed by atoms with Crippen LogP contribution in [0.3, 0.4) is 0 Å². The van der Waals surface area contributed by atoms with E-state index in [1.807, 2.05) is 67.6 Å². The van der Waals surface area contributed by atoms with Crippen molar-refractivity contribution in [3.8, 4) is 0 Å². The topological polar surface area (TPSA) is 95.9 Å². The number of rotatable bonds is 10. The molecule has 3 rings (SSSR count). The summed E-state index contributed by atoms with van der Waals surface area (Å²) in [4.78, 5) is 39.4. The second-order valence-corrected chi connectivity index (χ2v) is 8.13. The molecule has 1 unspecified atom stereocenters. The van der Waals surface area contributed by atoms with Crippen molar-refractivity contribution in [2.75, 3.05) is 4.90 Å². The summed E-state index contributed by atoms with van der Waals surface area (Å²) in [7, 11) is 0. The van der Waals surface area contributed by atoms with Crippen LogP contribution in [0.25, 0.3) is 10.8 Å². The van der Waals surface area contributed by atoms with Crippen molar-refractivity contribution in [2.45, 2.75) is 51.8 Å². The van der Waals surface area contributed by atoms with E-state index in [0.29, 0.717) is 18.5 Å². The lowest BCUT2D eigenvalue weighted by Gasteiger charge is -2.29. The van der Waals surface area contributed by atoms with E-state index in [4.69, 9.17) is 4.74 Å². The molecule has 7 heteroatoms. The molecule has 0 fully saturated rings. The molecule has 0 aliphatic heterocycles. The van der Waals surface area contributed by atoms with E-state index in [9.17, 15) is 19.5 Å². The van der Waals surface area contributed by atoms with Gasteiger partial charge in [0, 0.05) is 5.39 Å². The number of anilines is 1. The summed E-state index contributed by atoms with van der Waals surface area (Å²) in [5.41, 5.74) is 1.33. The molecule has 0 spiro atoms. The number of carbonyl (C=O) groups is 3. The normalized spacial score (nSPS) is 12.5. The van der Waals surface area contributed by atoms with Gasteiger partial charge in [0.1, 0.15) is 18.7 Å². The number of amides is 2. The minimum absolute atomic E-state index is 0.0452. The lowest BCUT2D eigenvalue weighted by molar-refractivity contribution is -0.142. The number of aliphatic carboxylic acids is 1. The molecule has 3 aromatic rings. The number of carboxylic acid groups (broad SMARTS) is 1. The molecule has 0 saturated carbocycles. The highest BCUT2D eigenvalue weighted by atomic mass is 16.6. The fourth-order valence-electron chi connectivity index (χ4n) is 3.75. The Morgan fingerprint density at radius 2 is 1.65 bits per heavy atom. The highest BCUT2D eigenvalue weighted by Crippen LogP contribution is 2.29. The number of nitrogens with one attached hydrogen (secondary N) is 1. The highest BCUT2D eigenvalue weighted by Gasteiger charge is 2.32. The SMILES string of the molecule is CCCC[C@H](NC(=O)C(C)N(C(=O)OCc1ccccc1)c1cccc2ccccc12)C(=O)O. The Bertz CT molecular complexity index is 1130. The Balaban J connectivity index is 1.91. The molecule has 178 valence electrons. The summed E-state index contributed by atoms with van der Waals surface area (Å²) >= 11 is 0. The minimum atomic E-state index is -1.10. The molecule has 2 N–H and O–H groups in total. The summed E-state index contributed by atoms with van der Waals surface area (Å²) in [6, 6.07) is 20.3. The third-order valence-electron chi connectivity index (χ3n) is 5.66. The fraction of sp³-hybridized carbons (Fsp3) is 0.296. The zero-order chi connectivity index (χ0) is 24.5. The predicted octanol–water partition coefficient (Wildman–Crippen LogP) is 5.13. The highest BCUT2D eigenvalue weighted by molar-refractivity contribution is 6.05. The Hall–Kier alpha value is -3.87. The largest absolute Gasteiger partial charge is 0.480 e.